The Balaban J connectivity index is 1.94. The fourth-order valence-corrected chi connectivity index (χ4v) is 4.38. The van der Waals surface area contributed by atoms with Crippen molar-refractivity contribution < 1.29 is 4.74 Å². The molecule has 20 heavy (non-hydrogen) atoms. The molecular formula is C18H35NO. The zero-order chi connectivity index (χ0) is 14.6. The second-order valence-electron chi connectivity index (χ2n) is 7.39. The van der Waals surface area contributed by atoms with Crippen molar-refractivity contribution in [3.63, 3.8) is 0 Å². The fourth-order valence-electron chi connectivity index (χ4n) is 4.38. The molecule has 0 aromatic carbocycles. The van der Waals surface area contributed by atoms with E-state index in [2.05, 4.69) is 33.0 Å². The average Bonchev–Trinajstić information content (AvgIpc) is 2.47. The molecular weight excluding hydrogens is 246 g/mol. The highest BCUT2D eigenvalue weighted by Gasteiger charge is 2.36. The van der Waals surface area contributed by atoms with Gasteiger partial charge in [0, 0.05) is 18.7 Å². The summed E-state index contributed by atoms with van der Waals surface area (Å²) in [6, 6.07) is 1.42. The van der Waals surface area contributed by atoms with E-state index in [1.807, 2.05) is 0 Å². The third-order valence-electron chi connectivity index (χ3n) is 5.91. The molecule has 2 rings (SSSR count). The Labute approximate surface area is 126 Å². The minimum atomic E-state index is 0.151. The Morgan fingerprint density at radius 2 is 1.80 bits per heavy atom. The quantitative estimate of drug-likeness (QED) is 0.799. The van der Waals surface area contributed by atoms with E-state index in [0.717, 1.165) is 37.3 Å². The molecule has 2 fully saturated rings. The Bertz CT molecular complexity index is 285. The van der Waals surface area contributed by atoms with Gasteiger partial charge in [0.1, 0.15) is 0 Å². The van der Waals surface area contributed by atoms with Crippen molar-refractivity contribution in [2.75, 3.05) is 6.61 Å². The van der Waals surface area contributed by atoms with Crippen LogP contribution >= 0.6 is 0 Å². The molecule has 0 amide bonds. The maximum absolute atomic E-state index is 6.12. The van der Waals surface area contributed by atoms with E-state index >= 15 is 0 Å². The van der Waals surface area contributed by atoms with Crippen molar-refractivity contribution in [3.05, 3.63) is 0 Å². The average molecular weight is 281 g/mol. The Morgan fingerprint density at radius 3 is 2.45 bits per heavy atom. The number of rotatable bonds is 5. The summed E-state index contributed by atoms with van der Waals surface area (Å²) >= 11 is 0. The van der Waals surface area contributed by atoms with Gasteiger partial charge in [-0.1, -0.05) is 40.5 Å². The second kappa shape index (κ2) is 7.26. The minimum absolute atomic E-state index is 0.151. The molecule has 0 radical (unpaired) electrons. The molecule has 3 unspecified atom stereocenters. The van der Waals surface area contributed by atoms with E-state index in [1.54, 1.807) is 0 Å². The van der Waals surface area contributed by atoms with Crippen LogP contribution in [0, 0.1) is 11.8 Å². The molecule has 1 N–H and O–H groups in total. The van der Waals surface area contributed by atoms with Crippen LogP contribution in [0.4, 0.5) is 0 Å². The molecule has 2 heteroatoms. The highest BCUT2D eigenvalue weighted by molar-refractivity contribution is 4.92. The van der Waals surface area contributed by atoms with Gasteiger partial charge in [-0.05, 0) is 50.4 Å². The fraction of sp³-hybridized carbons (Fsp3) is 1.00. The summed E-state index contributed by atoms with van der Waals surface area (Å²) in [4.78, 5) is 0. The summed E-state index contributed by atoms with van der Waals surface area (Å²) < 4.78 is 6.12. The number of hydrogen-bond acceptors (Lipinski definition) is 2. The van der Waals surface area contributed by atoms with Gasteiger partial charge < -0.3 is 10.1 Å². The Hall–Kier alpha value is -0.0800. The van der Waals surface area contributed by atoms with Crippen LogP contribution in [0.15, 0.2) is 0 Å². The zero-order valence-electron chi connectivity index (χ0n) is 14.1. The third kappa shape index (κ3) is 3.76. The van der Waals surface area contributed by atoms with E-state index in [4.69, 9.17) is 4.74 Å². The SMILES string of the molecule is CCC1(CC)CC(NC2CCCCC2C(C)C)CCO1. The molecule has 1 saturated carbocycles. The maximum Gasteiger partial charge on any atom is 0.0692 e. The van der Waals surface area contributed by atoms with E-state index in [0.29, 0.717) is 6.04 Å². The van der Waals surface area contributed by atoms with Crippen LogP contribution in [0.25, 0.3) is 0 Å². The van der Waals surface area contributed by atoms with Gasteiger partial charge in [-0.2, -0.15) is 0 Å². The largest absolute Gasteiger partial charge is 0.375 e. The summed E-state index contributed by atoms with van der Waals surface area (Å²) in [7, 11) is 0. The minimum Gasteiger partial charge on any atom is -0.375 e. The first-order valence-electron chi connectivity index (χ1n) is 9.00. The van der Waals surface area contributed by atoms with Gasteiger partial charge in [-0.15, -0.1) is 0 Å². The van der Waals surface area contributed by atoms with Crippen molar-refractivity contribution in [1.82, 2.24) is 5.32 Å². The molecule has 0 spiro atoms. The molecule has 1 aliphatic heterocycles. The lowest BCUT2D eigenvalue weighted by molar-refractivity contribution is -0.0954. The Kier molecular flexibility index (Phi) is 5.92. The van der Waals surface area contributed by atoms with Gasteiger partial charge in [0.2, 0.25) is 0 Å². The number of ether oxygens (including phenoxy) is 1. The highest BCUT2D eigenvalue weighted by Crippen LogP contribution is 2.34. The van der Waals surface area contributed by atoms with Crippen LogP contribution in [0.1, 0.15) is 79.1 Å². The van der Waals surface area contributed by atoms with Gasteiger partial charge in [-0.25, -0.2) is 0 Å². The van der Waals surface area contributed by atoms with Crippen molar-refractivity contribution in [2.45, 2.75) is 96.7 Å². The van der Waals surface area contributed by atoms with Crippen LogP contribution < -0.4 is 5.32 Å². The van der Waals surface area contributed by atoms with Gasteiger partial charge in [0.05, 0.1) is 5.60 Å². The van der Waals surface area contributed by atoms with Gasteiger partial charge in [0.15, 0.2) is 0 Å². The predicted octanol–water partition coefficient (Wildman–Crippen LogP) is 4.53. The molecule has 118 valence electrons. The van der Waals surface area contributed by atoms with E-state index in [-0.39, 0.29) is 5.60 Å². The molecule has 2 aliphatic rings. The van der Waals surface area contributed by atoms with E-state index in [9.17, 15) is 0 Å². The first-order valence-corrected chi connectivity index (χ1v) is 9.00. The van der Waals surface area contributed by atoms with Gasteiger partial charge in [-0.3, -0.25) is 0 Å². The standard InChI is InChI=1S/C18H35NO/c1-5-18(6-2)13-15(11-12-20-18)19-17-10-8-7-9-16(17)14(3)4/h14-17,19H,5-13H2,1-4H3. The number of nitrogens with one attached hydrogen (secondary N) is 1. The summed E-state index contributed by atoms with van der Waals surface area (Å²) in [6.45, 7) is 10.3. The first-order chi connectivity index (χ1) is 9.60. The van der Waals surface area contributed by atoms with Crippen molar-refractivity contribution in [3.8, 4) is 0 Å². The molecule has 3 atom stereocenters. The molecule has 2 nitrogen and oxygen atoms in total. The van der Waals surface area contributed by atoms with Crippen LogP contribution in [-0.4, -0.2) is 24.3 Å². The Morgan fingerprint density at radius 1 is 1.10 bits per heavy atom. The normalized spacial score (nSPS) is 34.4. The molecule has 1 saturated heterocycles. The molecule has 0 aromatic rings. The summed E-state index contributed by atoms with van der Waals surface area (Å²) in [5.41, 5.74) is 0.151. The monoisotopic (exact) mass is 281 g/mol. The zero-order valence-corrected chi connectivity index (χ0v) is 14.1. The summed E-state index contributed by atoms with van der Waals surface area (Å²) in [5.74, 6) is 1.69. The molecule has 1 aliphatic carbocycles. The molecule has 0 bridgehead atoms. The van der Waals surface area contributed by atoms with Crippen LogP contribution in [0.5, 0.6) is 0 Å². The third-order valence-corrected chi connectivity index (χ3v) is 5.91. The van der Waals surface area contributed by atoms with Crippen molar-refractivity contribution in [2.24, 2.45) is 11.8 Å². The van der Waals surface area contributed by atoms with Crippen molar-refractivity contribution >= 4 is 0 Å². The van der Waals surface area contributed by atoms with Gasteiger partial charge in [0.25, 0.3) is 0 Å². The predicted molar refractivity (Wildman–Crippen MR) is 86.0 cm³/mol. The first kappa shape index (κ1) is 16.3. The second-order valence-corrected chi connectivity index (χ2v) is 7.39. The van der Waals surface area contributed by atoms with E-state index < -0.39 is 0 Å². The maximum atomic E-state index is 6.12. The van der Waals surface area contributed by atoms with Crippen LogP contribution in [0.3, 0.4) is 0 Å². The van der Waals surface area contributed by atoms with Crippen LogP contribution in [0.2, 0.25) is 0 Å². The van der Waals surface area contributed by atoms with E-state index in [1.165, 1.54) is 38.5 Å². The lowest BCUT2D eigenvalue weighted by Crippen LogP contribution is -2.52. The summed E-state index contributed by atoms with van der Waals surface area (Å²) in [6.07, 6.45) is 10.4. The smallest absolute Gasteiger partial charge is 0.0692 e. The highest BCUT2D eigenvalue weighted by atomic mass is 16.5. The lowest BCUT2D eigenvalue weighted by Gasteiger charge is -2.44. The lowest BCUT2D eigenvalue weighted by atomic mass is 9.76. The molecule has 0 aromatic heterocycles. The summed E-state index contributed by atoms with van der Waals surface area (Å²) in [5, 5.41) is 4.03. The topological polar surface area (TPSA) is 21.3 Å². The van der Waals surface area contributed by atoms with Gasteiger partial charge >= 0.3 is 0 Å². The molecule has 1 heterocycles. The van der Waals surface area contributed by atoms with Crippen LogP contribution in [-0.2, 0) is 4.74 Å². The van der Waals surface area contributed by atoms with Crippen molar-refractivity contribution in [1.29, 1.82) is 0 Å². The number of hydrogen-bond donors (Lipinski definition) is 1.